The molecule has 21 atom stereocenters. The standard InChI is InChI=1S/C31H52N2O23/c1-8-17(40)20(43)22(45)28(51-8)54-24-13(6-35)52-27(47)16(33-10(3)37)26(24)55-29-23(46)21(44)19(42)14(53-29)7-50-31(30(48)49)4-11(38)15(32-9(2)36)25(56-31)18(41)12(39)5-34/h8,11-29,34-35,38-47H,4-7H2,1-3H3,(H,32,36)(H,33,37)(H,48,49)/t8-,11-,12+,13+,14+,15+,16+,17+,18+,19-,20+,21-,22-,23+,24+,25+,26+,27?,28-,29-,31+/m0/s1. The van der Waals surface area contributed by atoms with E-state index in [-0.39, 0.29) is 0 Å². The molecule has 25 heteroatoms. The summed E-state index contributed by atoms with van der Waals surface area (Å²) in [7, 11) is 0. The van der Waals surface area contributed by atoms with Gasteiger partial charge in [0, 0.05) is 20.3 Å². The van der Waals surface area contributed by atoms with Crippen LogP contribution in [-0.4, -0.2) is 232 Å². The molecule has 4 fully saturated rings. The highest BCUT2D eigenvalue weighted by Crippen LogP contribution is 2.36. The van der Waals surface area contributed by atoms with Crippen LogP contribution in [0, 0.1) is 0 Å². The molecule has 0 aromatic carbocycles. The highest BCUT2D eigenvalue weighted by atomic mass is 16.8. The molecule has 0 bridgehead atoms. The van der Waals surface area contributed by atoms with E-state index in [2.05, 4.69) is 10.6 Å². The van der Waals surface area contributed by atoms with Crippen molar-refractivity contribution < 1.29 is 114 Å². The maximum atomic E-state index is 12.6. The van der Waals surface area contributed by atoms with Crippen LogP contribution in [0.5, 0.6) is 0 Å². The predicted octanol–water partition coefficient (Wildman–Crippen LogP) is -9.23. The molecular weight excluding hydrogens is 768 g/mol. The molecule has 0 spiro atoms. The average molecular weight is 821 g/mol. The van der Waals surface area contributed by atoms with E-state index < -0.39 is 172 Å². The smallest absolute Gasteiger partial charge is 0.364 e. The first-order valence-corrected chi connectivity index (χ1v) is 17.6. The summed E-state index contributed by atoms with van der Waals surface area (Å²) in [5.74, 6) is -6.36. The van der Waals surface area contributed by atoms with Crippen LogP contribution >= 0.6 is 0 Å². The second kappa shape index (κ2) is 19.1. The Morgan fingerprint density at radius 2 is 1.30 bits per heavy atom. The zero-order valence-electron chi connectivity index (χ0n) is 30.3. The second-order valence-corrected chi connectivity index (χ2v) is 14.1. The van der Waals surface area contributed by atoms with E-state index in [4.69, 9.17) is 33.2 Å². The van der Waals surface area contributed by atoms with Crippen LogP contribution in [0.1, 0.15) is 27.2 Å². The molecule has 25 nitrogen and oxygen atoms in total. The number of carboxylic acids is 1. The van der Waals surface area contributed by atoms with E-state index in [9.17, 15) is 80.8 Å². The molecule has 4 saturated heterocycles. The summed E-state index contributed by atoms with van der Waals surface area (Å²) in [5, 5.41) is 141. The molecule has 56 heavy (non-hydrogen) atoms. The van der Waals surface area contributed by atoms with Gasteiger partial charge in [0.05, 0.1) is 38.1 Å². The fraction of sp³-hybridized carbons (Fsp3) is 0.903. The van der Waals surface area contributed by atoms with Crippen LogP contribution < -0.4 is 10.6 Å². The van der Waals surface area contributed by atoms with Gasteiger partial charge in [-0.05, 0) is 6.92 Å². The lowest BCUT2D eigenvalue weighted by molar-refractivity contribution is -0.375. The maximum absolute atomic E-state index is 12.6. The maximum Gasteiger partial charge on any atom is 0.364 e. The molecule has 0 saturated carbocycles. The van der Waals surface area contributed by atoms with Gasteiger partial charge in [0.15, 0.2) is 18.9 Å². The number of hydrogen-bond acceptors (Lipinski definition) is 22. The van der Waals surface area contributed by atoms with Crippen molar-refractivity contribution in [1.29, 1.82) is 0 Å². The molecule has 0 aromatic rings. The van der Waals surface area contributed by atoms with Gasteiger partial charge in [-0.1, -0.05) is 0 Å². The molecule has 4 aliphatic heterocycles. The quantitative estimate of drug-likeness (QED) is 0.0773. The topological polar surface area (TPSA) is 403 Å². The van der Waals surface area contributed by atoms with E-state index in [1.807, 2.05) is 0 Å². The number of aliphatic hydroxyl groups is 12. The number of carbonyl (C=O) groups is 3. The summed E-state index contributed by atoms with van der Waals surface area (Å²) in [6.07, 6.45) is -34.2. The number of rotatable bonds is 14. The Morgan fingerprint density at radius 3 is 1.86 bits per heavy atom. The third kappa shape index (κ3) is 9.91. The van der Waals surface area contributed by atoms with Gasteiger partial charge in [-0.2, -0.15) is 0 Å². The first-order valence-electron chi connectivity index (χ1n) is 17.6. The van der Waals surface area contributed by atoms with Crippen molar-refractivity contribution in [2.45, 2.75) is 155 Å². The minimum absolute atomic E-state index is 0.751. The van der Waals surface area contributed by atoms with Crippen molar-refractivity contribution in [3.05, 3.63) is 0 Å². The van der Waals surface area contributed by atoms with Gasteiger partial charge in [0.2, 0.25) is 11.8 Å². The van der Waals surface area contributed by atoms with Crippen molar-refractivity contribution in [2.24, 2.45) is 0 Å². The second-order valence-electron chi connectivity index (χ2n) is 14.1. The summed E-state index contributed by atoms with van der Waals surface area (Å²) in [6.45, 7) is 0.400. The van der Waals surface area contributed by atoms with E-state index in [0.717, 1.165) is 13.8 Å². The molecule has 1 unspecified atom stereocenters. The largest absolute Gasteiger partial charge is 0.477 e. The number of nitrogens with one attached hydrogen (secondary N) is 2. The van der Waals surface area contributed by atoms with Gasteiger partial charge in [-0.3, -0.25) is 9.59 Å². The van der Waals surface area contributed by atoms with Crippen LogP contribution in [0.3, 0.4) is 0 Å². The number of carboxylic acid groups (broad SMARTS) is 1. The van der Waals surface area contributed by atoms with Gasteiger partial charge in [-0.25, -0.2) is 4.79 Å². The van der Waals surface area contributed by atoms with Crippen molar-refractivity contribution in [2.75, 3.05) is 19.8 Å². The van der Waals surface area contributed by atoms with Crippen molar-refractivity contribution in [1.82, 2.24) is 10.6 Å². The summed E-state index contributed by atoms with van der Waals surface area (Å²) >= 11 is 0. The Kier molecular flexibility index (Phi) is 15.8. The Bertz CT molecular complexity index is 1330. The monoisotopic (exact) mass is 820 g/mol. The van der Waals surface area contributed by atoms with Gasteiger partial charge >= 0.3 is 5.97 Å². The molecular formula is C31H52N2O23. The number of carbonyl (C=O) groups excluding carboxylic acids is 2. The molecule has 4 heterocycles. The van der Waals surface area contributed by atoms with Crippen LogP contribution in [0.4, 0.5) is 0 Å². The van der Waals surface area contributed by atoms with Crippen molar-refractivity contribution in [3.8, 4) is 0 Å². The SMILES string of the molecule is CC(=O)N[C@H]1[C@H]([C@H](O)[C@H](O)CO)O[C@@](OC[C@H]2O[C@@H](O[C@H]3[C@H](O[C@@H]4O[C@@H](C)[C@@H](O)[C@@H](O)[C@@H]4O)[C@@H](CO)OC(O)[C@@H]3NC(C)=O)[C@H](O)[C@@H](O)[C@H]2O)(C(=O)O)C[C@@H]1O. The minimum atomic E-state index is -2.92. The molecule has 2 amide bonds. The number of hydrogen-bond donors (Lipinski definition) is 15. The van der Waals surface area contributed by atoms with E-state index in [1.54, 1.807) is 0 Å². The van der Waals surface area contributed by atoms with Gasteiger partial charge in [0.25, 0.3) is 5.79 Å². The lowest BCUT2D eigenvalue weighted by Crippen LogP contribution is -2.70. The summed E-state index contributed by atoms with van der Waals surface area (Å²) in [4.78, 5) is 36.7. The van der Waals surface area contributed by atoms with Gasteiger partial charge in [-0.15, -0.1) is 0 Å². The predicted molar refractivity (Wildman–Crippen MR) is 173 cm³/mol. The lowest BCUT2D eigenvalue weighted by atomic mass is 9.88. The Morgan fingerprint density at radius 1 is 0.750 bits per heavy atom. The van der Waals surface area contributed by atoms with Gasteiger partial charge in [0.1, 0.15) is 85.4 Å². The Hall–Kier alpha value is -2.35. The van der Waals surface area contributed by atoms with Crippen LogP contribution in [-0.2, 0) is 47.5 Å². The third-order valence-corrected chi connectivity index (χ3v) is 9.94. The Balaban J connectivity index is 1.62. The van der Waals surface area contributed by atoms with Crippen LogP contribution in [0.2, 0.25) is 0 Å². The van der Waals surface area contributed by atoms with Crippen molar-refractivity contribution in [3.63, 3.8) is 0 Å². The fourth-order valence-corrected chi connectivity index (χ4v) is 6.88. The highest BCUT2D eigenvalue weighted by molar-refractivity contribution is 5.76. The number of ether oxygens (including phenoxy) is 7. The zero-order chi connectivity index (χ0) is 42.0. The first kappa shape index (κ1) is 46.3. The molecule has 0 aromatic heterocycles. The summed E-state index contributed by atoms with van der Waals surface area (Å²) in [5.41, 5.74) is 0. The molecule has 4 aliphatic rings. The van der Waals surface area contributed by atoms with E-state index in [0.29, 0.717) is 0 Å². The minimum Gasteiger partial charge on any atom is -0.477 e. The van der Waals surface area contributed by atoms with E-state index in [1.165, 1.54) is 6.92 Å². The van der Waals surface area contributed by atoms with Crippen molar-refractivity contribution >= 4 is 17.8 Å². The van der Waals surface area contributed by atoms with Crippen LogP contribution in [0.25, 0.3) is 0 Å². The number of amides is 2. The average Bonchev–Trinajstić information content (AvgIpc) is 3.14. The summed E-state index contributed by atoms with van der Waals surface area (Å²) in [6, 6.07) is -3.17. The van der Waals surface area contributed by atoms with Crippen LogP contribution in [0.15, 0.2) is 0 Å². The Labute approximate surface area is 317 Å². The molecule has 15 N–H and O–H groups in total. The zero-order valence-corrected chi connectivity index (χ0v) is 30.3. The van der Waals surface area contributed by atoms with E-state index >= 15 is 0 Å². The lowest BCUT2D eigenvalue weighted by Gasteiger charge is -2.49. The number of aliphatic carboxylic acids is 1. The first-order chi connectivity index (χ1) is 26.2. The molecule has 324 valence electrons. The fourth-order valence-electron chi connectivity index (χ4n) is 6.88. The molecule has 4 rings (SSSR count). The normalized spacial score (nSPS) is 45.7. The molecule has 0 aliphatic carbocycles. The third-order valence-electron chi connectivity index (χ3n) is 9.94. The summed E-state index contributed by atoms with van der Waals surface area (Å²) < 4.78 is 39.4. The van der Waals surface area contributed by atoms with Gasteiger partial charge < -0.3 is 110 Å². The number of aliphatic hydroxyl groups excluding tert-OH is 12. The highest BCUT2D eigenvalue weighted by Gasteiger charge is 2.58. The molecule has 0 radical (unpaired) electrons.